The lowest BCUT2D eigenvalue weighted by Crippen LogP contribution is -2.40. The summed E-state index contributed by atoms with van der Waals surface area (Å²) in [6.07, 6.45) is 3.26. The molecule has 5 rings (SSSR count). The fourth-order valence-electron chi connectivity index (χ4n) is 5.97. The smallest absolute Gasteiger partial charge is 0.165 e. The Bertz CT molecular complexity index is 1390. The highest BCUT2D eigenvalue weighted by molar-refractivity contribution is 5.85. The lowest BCUT2D eigenvalue weighted by molar-refractivity contribution is 0.414. The summed E-state index contributed by atoms with van der Waals surface area (Å²) in [6, 6.07) is 13.4. The number of benzene rings is 2. The Kier molecular flexibility index (Phi) is 6.04. The molecule has 0 radical (unpaired) electrons. The van der Waals surface area contributed by atoms with Crippen LogP contribution in [0.1, 0.15) is 59.0 Å². The number of hydrogen-bond acceptors (Lipinski definition) is 4. The molecule has 0 aliphatic carbocycles. The van der Waals surface area contributed by atoms with E-state index in [-0.39, 0.29) is 0 Å². The summed E-state index contributed by atoms with van der Waals surface area (Å²) in [6.45, 7) is 14.0. The summed E-state index contributed by atoms with van der Waals surface area (Å²) < 4.78 is 7.64. The zero-order chi connectivity index (χ0) is 24.9. The Morgan fingerprint density at radius 3 is 2.40 bits per heavy atom. The Balaban J connectivity index is 1.74. The molecule has 0 saturated carbocycles. The molecule has 0 fully saturated rings. The fourth-order valence-corrected chi connectivity index (χ4v) is 5.97. The topological polar surface area (TPSA) is 42.7 Å². The van der Waals surface area contributed by atoms with Gasteiger partial charge in [0.05, 0.1) is 18.4 Å². The second-order valence-corrected chi connectivity index (χ2v) is 10.0. The number of aromatic nitrogens is 3. The molecule has 1 aliphatic heterocycles. The van der Waals surface area contributed by atoms with Crippen molar-refractivity contribution >= 4 is 11.5 Å². The number of methoxy groups -OCH3 is 1. The molecule has 0 bridgehead atoms. The largest absolute Gasteiger partial charge is 0.497 e. The van der Waals surface area contributed by atoms with E-state index in [4.69, 9.17) is 14.8 Å². The van der Waals surface area contributed by atoms with Crippen LogP contribution in [0.4, 0.5) is 5.82 Å². The van der Waals surface area contributed by atoms with Gasteiger partial charge in [0.2, 0.25) is 0 Å². The van der Waals surface area contributed by atoms with Crippen LogP contribution in [0.2, 0.25) is 0 Å². The van der Waals surface area contributed by atoms with Crippen LogP contribution < -0.4 is 9.64 Å². The minimum absolute atomic E-state index is 0.453. The van der Waals surface area contributed by atoms with Gasteiger partial charge in [0.1, 0.15) is 11.6 Å². The SMILES string of the molecule is CCC1CCc2c(C)nc3c(-c4c(C)cc(C)cc4C)c(C)nn3c2N1Cc1cccc(OC)c1. The molecule has 1 unspecified atom stereocenters. The highest BCUT2D eigenvalue weighted by Gasteiger charge is 2.31. The average Bonchev–Trinajstić information content (AvgIpc) is 3.14. The summed E-state index contributed by atoms with van der Waals surface area (Å²) >= 11 is 0. The van der Waals surface area contributed by atoms with Gasteiger partial charge in [-0.1, -0.05) is 36.8 Å². The molecule has 1 atom stereocenters. The van der Waals surface area contributed by atoms with Crippen LogP contribution in [0.5, 0.6) is 5.75 Å². The summed E-state index contributed by atoms with van der Waals surface area (Å²) in [7, 11) is 1.73. The summed E-state index contributed by atoms with van der Waals surface area (Å²) in [4.78, 5) is 7.72. The van der Waals surface area contributed by atoms with Gasteiger partial charge in [0.15, 0.2) is 5.65 Å². The third kappa shape index (κ3) is 3.97. The maximum absolute atomic E-state index is 5.51. The summed E-state index contributed by atoms with van der Waals surface area (Å²) in [5.41, 5.74) is 11.9. The van der Waals surface area contributed by atoms with Gasteiger partial charge in [-0.3, -0.25) is 0 Å². The van der Waals surface area contributed by atoms with E-state index in [0.29, 0.717) is 6.04 Å². The molecule has 0 amide bonds. The molecule has 5 heteroatoms. The normalized spacial score (nSPS) is 15.5. The molecule has 35 heavy (non-hydrogen) atoms. The lowest BCUT2D eigenvalue weighted by Gasteiger charge is -2.39. The van der Waals surface area contributed by atoms with Crippen molar-refractivity contribution in [3.8, 4) is 16.9 Å². The number of anilines is 1. The highest BCUT2D eigenvalue weighted by Crippen LogP contribution is 2.40. The third-order valence-electron chi connectivity index (χ3n) is 7.54. The van der Waals surface area contributed by atoms with Crippen molar-refractivity contribution in [1.29, 1.82) is 0 Å². The van der Waals surface area contributed by atoms with E-state index in [2.05, 4.69) is 81.3 Å². The molecule has 1 aliphatic rings. The van der Waals surface area contributed by atoms with Gasteiger partial charge in [0, 0.05) is 23.8 Å². The maximum atomic E-state index is 5.51. The van der Waals surface area contributed by atoms with Crippen molar-refractivity contribution in [1.82, 2.24) is 14.6 Å². The fraction of sp³-hybridized carbons (Fsp3) is 0.400. The van der Waals surface area contributed by atoms with Gasteiger partial charge in [-0.15, -0.1) is 0 Å². The first-order chi connectivity index (χ1) is 16.8. The average molecular weight is 469 g/mol. The van der Waals surface area contributed by atoms with Crippen molar-refractivity contribution in [3.63, 3.8) is 0 Å². The first kappa shape index (κ1) is 23.4. The van der Waals surface area contributed by atoms with Crippen LogP contribution in [-0.4, -0.2) is 27.7 Å². The van der Waals surface area contributed by atoms with Crippen molar-refractivity contribution in [3.05, 3.63) is 75.6 Å². The van der Waals surface area contributed by atoms with Gasteiger partial charge in [-0.25, -0.2) is 4.98 Å². The number of aryl methyl sites for hydroxylation is 5. The molecule has 2 aromatic carbocycles. The molecule has 3 heterocycles. The van der Waals surface area contributed by atoms with Crippen molar-refractivity contribution in [2.45, 2.75) is 73.4 Å². The van der Waals surface area contributed by atoms with Crippen LogP contribution >= 0.6 is 0 Å². The Morgan fingerprint density at radius 2 is 1.71 bits per heavy atom. The van der Waals surface area contributed by atoms with Crippen molar-refractivity contribution < 1.29 is 4.74 Å². The van der Waals surface area contributed by atoms with Gasteiger partial charge < -0.3 is 9.64 Å². The van der Waals surface area contributed by atoms with Gasteiger partial charge in [-0.2, -0.15) is 9.61 Å². The molecule has 2 aromatic heterocycles. The number of rotatable bonds is 5. The van der Waals surface area contributed by atoms with Crippen LogP contribution in [0, 0.1) is 34.6 Å². The van der Waals surface area contributed by atoms with E-state index in [0.717, 1.165) is 54.2 Å². The number of nitrogens with zero attached hydrogens (tertiary/aromatic N) is 4. The van der Waals surface area contributed by atoms with E-state index in [9.17, 15) is 0 Å². The minimum atomic E-state index is 0.453. The predicted molar refractivity (Wildman–Crippen MR) is 144 cm³/mol. The van der Waals surface area contributed by atoms with Gasteiger partial charge >= 0.3 is 0 Å². The van der Waals surface area contributed by atoms with E-state index >= 15 is 0 Å². The predicted octanol–water partition coefficient (Wildman–Crippen LogP) is 6.68. The molecular weight excluding hydrogens is 432 g/mol. The zero-order valence-corrected chi connectivity index (χ0v) is 22.1. The molecule has 0 saturated heterocycles. The van der Waals surface area contributed by atoms with E-state index in [1.54, 1.807) is 7.11 Å². The number of fused-ring (bicyclic) bond motifs is 3. The molecule has 182 valence electrons. The number of hydrogen-bond donors (Lipinski definition) is 0. The van der Waals surface area contributed by atoms with Crippen LogP contribution in [0.3, 0.4) is 0 Å². The van der Waals surface area contributed by atoms with Crippen LogP contribution in [0.25, 0.3) is 16.8 Å². The first-order valence-electron chi connectivity index (χ1n) is 12.7. The molecule has 0 spiro atoms. The van der Waals surface area contributed by atoms with Crippen LogP contribution in [-0.2, 0) is 13.0 Å². The molecule has 5 nitrogen and oxygen atoms in total. The Morgan fingerprint density at radius 1 is 0.971 bits per heavy atom. The maximum Gasteiger partial charge on any atom is 0.165 e. The highest BCUT2D eigenvalue weighted by atomic mass is 16.5. The summed E-state index contributed by atoms with van der Waals surface area (Å²) in [5, 5.41) is 5.13. The van der Waals surface area contributed by atoms with E-state index in [1.807, 2.05) is 6.07 Å². The quantitative estimate of drug-likeness (QED) is 0.328. The Hall–Kier alpha value is -3.34. The van der Waals surface area contributed by atoms with E-state index in [1.165, 1.54) is 39.2 Å². The second kappa shape index (κ2) is 9.03. The van der Waals surface area contributed by atoms with Crippen molar-refractivity contribution in [2.24, 2.45) is 0 Å². The summed E-state index contributed by atoms with van der Waals surface area (Å²) in [5.74, 6) is 2.09. The monoisotopic (exact) mass is 468 g/mol. The van der Waals surface area contributed by atoms with Gasteiger partial charge in [0.25, 0.3) is 0 Å². The second-order valence-electron chi connectivity index (χ2n) is 10.0. The number of ether oxygens (including phenoxy) is 1. The lowest BCUT2D eigenvalue weighted by atomic mass is 9.93. The molecular formula is C30H36N4O. The minimum Gasteiger partial charge on any atom is -0.497 e. The van der Waals surface area contributed by atoms with Crippen LogP contribution in [0.15, 0.2) is 36.4 Å². The van der Waals surface area contributed by atoms with Crippen molar-refractivity contribution in [2.75, 3.05) is 12.0 Å². The molecule has 0 N–H and O–H groups in total. The van der Waals surface area contributed by atoms with Gasteiger partial charge in [-0.05, 0) is 88.3 Å². The standard InChI is InChI=1S/C30H36N4O/c1-8-24-12-13-26-21(5)31-29-28(27-19(3)14-18(2)15-20(27)4)22(6)32-34(29)30(26)33(24)17-23-10-9-11-25(16-23)35-7/h9-11,14-16,24H,8,12-13,17H2,1-7H3. The molecule has 4 aromatic rings. The van der Waals surface area contributed by atoms with E-state index < -0.39 is 0 Å². The first-order valence-corrected chi connectivity index (χ1v) is 12.7. The Labute approximate surface area is 208 Å². The third-order valence-corrected chi connectivity index (χ3v) is 7.54. The zero-order valence-electron chi connectivity index (χ0n) is 22.1.